The smallest absolute Gasteiger partial charge is 0.237 e. The van der Waals surface area contributed by atoms with Crippen molar-refractivity contribution in [3.63, 3.8) is 0 Å². The van der Waals surface area contributed by atoms with Gasteiger partial charge in [0.05, 0.1) is 32.3 Å². The number of benzene rings is 1. The minimum absolute atomic E-state index is 0.110. The van der Waals surface area contributed by atoms with Crippen LogP contribution in [0.3, 0.4) is 0 Å². The number of nitrogens with one attached hydrogen (secondary N) is 1. The van der Waals surface area contributed by atoms with Crippen LogP contribution >= 0.6 is 0 Å². The maximum atomic E-state index is 12.6. The summed E-state index contributed by atoms with van der Waals surface area (Å²) in [5, 5.41) is 6.50. The Balaban J connectivity index is 1.62. The maximum Gasteiger partial charge on any atom is 0.237 e. The standard InChI is InChI=1S/C21H26N4O4/c1-24(15-17-9-10-23-29-17)20(26)14-18-21(27)22-11-13-25(18)12-5-7-16-6-3-4-8-19(16)28-2/h3-10,18H,11-15H2,1-2H3,(H,22,27)/b7-5+/t18-/m1/s1. The number of rotatable bonds is 8. The number of piperazine rings is 1. The number of nitrogens with zero attached hydrogens (tertiary/aromatic N) is 3. The first kappa shape index (κ1) is 20.6. The molecule has 1 aliphatic heterocycles. The highest BCUT2D eigenvalue weighted by Gasteiger charge is 2.31. The molecular weight excluding hydrogens is 372 g/mol. The Morgan fingerprint density at radius 3 is 3.00 bits per heavy atom. The first-order chi connectivity index (χ1) is 14.1. The minimum Gasteiger partial charge on any atom is -0.496 e. The van der Waals surface area contributed by atoms with Crippen molar-refractivity contribution in [2.45, 2.75) is 19.0 Å². The molecule has 1 N–H and O–H groups in total. The predicted molar refractivity (Wildman–Crippen MR) is 108 cm³/mol. The Hall–Kier alpha value is -3.13. The molecule has 1 saturated heterocycles. The molecular formula is C21H26N4O4. The second-order valence-corrected chi connectivity index (χ2v) is 6.88. The van der Waals surface area contributed by atoms with Crippen LogP contribution in [0.2, 0.25) is 0 Å². The van der Waals surface area contributed by atoms with E-state index in [9.17, 15) is 9.59 Å². The largest absolute Gasteiger partial charge is 0.496 e. The number of hydrogen-bond acceptors (Lipinski definition) is 6. The molecule has 0 saturated carbocycles. The van der Waals surface area contributed by atoms with E-state index in [4.69, 9.17) is 9.26 Å². The molecule has 2 aromatic rings. The van der Waals surface area contributed by atoms with Gasteiger partial charge in [-0.25, -0.2) is 0 Å². The van der Waals surface area contributed by atoms with Gasteiger partial charge in [-0.15, -0.1) is 0 Å². The second kappa shape index (κ2) is 9.88. The average molecular weight is 398 g/mol. The van der Waals surface area contributed by atoms with Crippen molar-refractivity contribution in [3.8, 4) is 5.75 Å². The zero-order chi connectivity index (χ0) is 20.6. The van der Waals surface area contributed by atoms with Crippen molar-refractivity contribution in [2.75, 3.05) is 33.8 Å². The van der Waals surface area contributed by atoms with Gasteiger partial charge >= 0.3 is 0 Å². The molecule has 2 heterocycles. The van der Waals surface area contributed by atoms with E-state index in [1.54, 1.807) is 25.1 Å². The molecule has 8 heteroatoms. The summed E-state index contributed by atoms with van der Waals surface area (Å²) in [5.41, 5.74) is 0.968. The van der Waals surface area contributed by atoms with Crippen LogP contribution < -0.4 is 10.1 Å². The average Bonchev–Trinajstić information content (AvgIpc) is 3.23. The monoisotopic (exact) mass is 398 g/mol. The molecule has 1 aromatic heterocycles. The van der Waals surface area contributed by atoms with E-state index in [0.29, 0.717) is 31.9 Å². The number of ether oxygens (including phenoxy) is 1. The summed E-state index contributed by atoms with van der Waals surface area (Å²) in [6.07, 6.45) is 5.61. The van der Waals surface area contributed by atoms with Gasteiger partial charge in [0.2, 0.25) is 11.8 Å². The third kappa shape index (κ3) is 5.45. The summed E-state index contributed by atoms with van der Waals surface area (Å²) >= 11 is 0. The molecule has 2 amide bonds. The van der Waals surface area contributed by atoms with Crippen LogP contribution in [0.5, 0.6) is 5.75 Å². The molecule has 1 fully saturated rings. The van der Waals surface area contributed by atoms with Gasteiger partial charge in [-0.2, -0.15) is 0 Å². The fraction of sp³-hybridized carbons (Fsp3) is 0.381. The lowest BCUT2D eigenvalue weighted by molar-refractivity contribution is -0.138. The number of aromatic nitrogens is 1. The summed E-state index contributed by atoms with van der Waals surface area (Å²) in [7, 11) is 3.33. The van der Waals surface area contributed by atoms with Crippen molar-refractivity contribution in [1.29, 1.82) is 0 Å². The van der Waals surface area contributed by atoms with Crippen molar-refractivity contribution in [3.05, 3.63) is 53.9 Å². The molecule has 0 unspecified atom stereocenters. The molecule has 1 aromatic carbocycles. The zero-order valence-electron chi connectivity index (χ0n) is 16.7. The predicted octanol–water partition coefficient (Wildman–Crippen LogP) is 1.55. The van der Waals surface area contributed by atoms with Crippen LogP contribution in [0.25, 0.3) is 6.08 Å². The number of carbonyl (C=O) groups is 2. The van der Waals surface area contributed by atoms with Crippen LogP contribution in [0, 0.1) is 0 Å². The first-order valence-electron chi connectivity index (χ1n) is 9.53. The Labute approximate surface area is 170 Å². The van der Waals surface area contributed by atoms with Crippen LogP contribution in [-0.2, 0) is 16.1 Å². The molecule has 0 aliphatic carbocycles. The first-order valence-corrected chi connectivity index (χ1v) is 9.53. The number of hydrogen-bond donors (Lipinski definition) is 1. The van der Waals surface area contributed by atoms with Gasteiger partial charge in [0, 0.05) is 38.3 Å². The van der Waals surface area contributed by atoms with Gasteiger partial charge < -0.3 is 19.5 Å². The highest BCUT2D eigenvalue weighted by molar-refractivity contribution is 5.88. The van der Waals surface area contributed by atoms with Gasteiger partial charge in [0.25, 0.3) is 0 Å². The fourth-order valence-corrected chi connectivity index (χ4v) is 3.29. The van der Waals surface area contributed by atoms with E-state index in [0.717, 1.165) is 11.3 Å². The van der Waals surface area contributed by atoms with E-state index in [-0.39, 0.29) is 18.2 Å². The third-order valence-corrected chi connectivity index (χ3v) is 4.90. The van der Waals surface area contributed by atoms with Crippen molar-refractivity contribution in [1.82, 2.24) is 20.3 Å². The van der Waals surface area contributed by atoms with Crippen molar-refractivity contribution >= 4 is 17.9 Å². The van der Waals surface area contributed by atoms with E-state index in [2.05, 4.69) is 10.5 Å². The minimum atomic E-state index is -0.504. The fourth-order valence-electron chi connectivity index (χ4n) is 3.29. The van der Waals surface area contributed by atoms with Gasteiger partial charge in [-0.1, -0.05) is 35.5 Å². The topological polar surface area (TPSA) is 87.9 Å². The van der Waals surface area contributed by atoms with E-state index in [1.165, 1.54) is 6.20 Å². The molecule has 29 heavy (non-hydrogen) atoms. The lowest BCUT2D eigenvalue weighted by Crippen LogP contribution is -2.56. The van der Waals surface area contributed by atoms with Gasteiger partial charge in [-0.3, -0.25) is 14.5 Å². The Morgan fingerprint density at radius 2 is 2.24 bits per heavy atom. The van der Waals surface area contributed by atoms with Gasteiger partial charge in [-0.05, 0) is 6.07 Å². The van der Waals surface area contributed by atoms with E-state index < -0.39 is 6.04 Å². The van der Waals surface area contributed by atoms with Crippen LogP contribution in [0.1, 0.15) is 17.7 Å². The summed E-state index contributed by atoms with van der Waals surface area (Å²) < 4.78 is 10.4. The normalized spacial score (nSPS) is 17.3. The highest BCUT2D eigenvalue weighted by atomic mass is 16.5. The molecule has 0 bridgehead atoms. The van der Waals surface area contributed by atoms with Crippen LogP contribution in [-0.4, -0.2) is 66.6 Å². The molecule has 0 radical (unpaired) electrons. The highest BCUT2D eigenvalue weighted by Crippen LogP contribution is 2.19. The second-order valence-electron chi connectivity index (χ2n) is 6.88. The Bertz CT molecular complexity index is 850. The van der Waals surface area contributed by atoms with Crippen LogP contribution in [0.15, 0.2) is 47.1 Å². The molecule has 154 valence electrons. The maximum absolute atomic E-state index is 12.6. The Morgan fingerprint density at radius 1 is 1.41 bits per heavy atom. The number of amides is 2. The molecule has 0 spiro atoms. The number of methoxy groups -OCH3 is 1. The quantitative estimate of drug-likeness (QED) is 0.726. The zero-order valence-corrected chi connectivity index (χ0v) is 16.7. The van der Waals surface area contributed by atoms with Gasteiger partial charge in [0.1, 0.15) is 5.75 Å². The Kier molecular flexibility index (Phi) is 7.02. The summed E-state index contributed by atoms with van der Waals surface area (Å²) in [5.74, 6) is 1.15. The van der Waals surface area contributed by atoms with E-state index >= 15 is 0 Å². The third-order valence-electron chi connectivity index (χ3n) is 4.90. The summed E-state index contributed by atoms with van der Waals surface area (Å²) in [6.45, 7) is 2.14. The van der Waals surface area contributed by atoms with Crippen molar-refractivity contribution in [2.24, 2.45) is 0 Å². The van der Waals surface area contributed by atoms with E-state index in [1.807, 2.05) is 41.3 Å². The summed E-state index contributed by atoms with van der Waals surface area (Å²) in [4.78, 5) is 28.6. The SMILES string of the molecule is COc1ccccc1/C=C/CN1CCNC(=O)[C@H]1CC(=O)N(C)Cc1ccno1. The molecule has 8 nitrogen and oxygen atoms in total. The summed E-state index contributed by atoms with van der Waals surface area (Å²) in [6, 6.07) is 8.95. The van der Waals surface area contributed by atoms with Gasteiger partial charge in [0.15, 0.2) is 5.76 Å². The molecule has 1 aliphatic rings. The number of para-hydroxylation sites is 1. The molecule has 3 rings (SSSR count). The lowest BCUT2D eigenvalue weighted by atomic mass is 10.1. The number of carbonyl (C=O) groups excluding carboxylic acids is 2. The lowest BCUT2D eigenvalue weighted by Gasteiger charge is -2.34. The van der Waals surface area contributed by atoms with Crippen LogP contribution in [0.4, 0.5) is 0 Å². The van der Waals surface area contributed by atoms with Crippen molar-refractivity contribution < 1.29 is 18.8 Å². The molecule has 1 atom stereocenters.